The van der Waals surface area contributed by atoms with E-state index in [2.05, 4.69) is 0 Å². The number of hydrogen-bond acceptors (Lipinski definition) is 6. The Balaban J connectivity index is 4.97. The number of carbonyl (C=O) groups is 3. The Kier molecular flexibility index (Phi) is 3.69. The van der Waals surface area contributed by atoms with Crippen LogP contribution in [0.15, 0.2) is 0 Å². The van der Waals surface area contributed by atoms with E-state index in [1.807, 2.05) is 0 Å². The monoisotopic (exact) mass is 208 g/mol. The van der Waals surface area contributed by atoms with E-state index in [0.29, 0.717) is 0 Å². The lowest BCUT2D eigenvalue weighted by molar-refractivity contribution is -0.184. The van der Waals surface area contributed by atoms with Crippen LogP contribution in [0.2, 0.25) is 0 Å². The molecule has 0 amide bonds. The minimum Gasteiger partial charge on any atom is -0.479 e. The second kappa shape index (κ2) is 4.13. The minimum atomic E-state index is -3.20. The molecule has 14 heavy (non-hydrogen) atoms. The zero-order chi connectivity index (χ0) is 11.5. The van der Waals surface area contributed by atoms with Crippen molar-refractivity contribution >= 4 is 17.7 Å². The molecule has 2 atom stereocenters. The van der Waals surface area contributed by atoms with E-state index in [4.69, 9.17) is 25.5 Å². The van der Waals surface area contributed by atoms with Crippen LogP contribution in [0.25, 0.3) is 0 Å². The third kappa shape index (κ3) is 2.05. The van der Waals surface area contributed by atoms with Crippen LogP contribution in [-0.2, 0) is 14.4 Å². The molecule has 0 spiro atoms. The average molecular weight is 208 g/mol. The van der Waals surface area contributed by atoms with Crippen LogP contribution in [-0.4, -0.2) is 61.6 Å². The van der Waals surface area contributed by atoms with E-state index in [1.165, 1.54) is 0 Å². The molecule has 2 unspecified atom stereocenters. The number of Topliss-reactive ketones (excluding diaryl/α,β-unsaturated/α-hetero) is 1. The van der Waals surface area contributed by atoms with Gasteiger partial charge in [-0.2, -0.15) is 0 Å². The molecule has 0 aliphatic heterocycles. The third-order valence-corrected chi connectivity index (χ3v) is 1.52. The number of carboxylic acid groups (broad SMARTS) is 2. The predicted octanol–water partition coefficient (Wildman–Crippen LogP) is -3.19. The normalized spacial score (nSPS) is 16.8. The van der Waals surface area contributed by atoms with Gasteiger partial charge in [0.1, 0.15) is 0 Å². The quantitative estimate of drug-likeness (QED) is 0.296. The van der Waals surface area contributed by atoms with E-state index in [-0.39, 0.29) is 0 Å². The molecule has 0 aliphatic carbocycles. The number of aliphatic hydroxyl groups excluding tert-OH is 2. The van der Waals surface area contributed by atoms with Gasteiger partial charge >= 0.3 is 11.9 Å². The van der Waals surface area contributed by atoms with Gasteiger partial charge in [0, 0.05) is 0 Å². The molecule has 0 saturated carbocycles. The number of rotatable bonds is 5. The van der Waals surface area contributed by atoms with Crippen molar-refractivity contribution in [1.29, 1.82) is 0 Å². The number of ketones is 1. The van der Waals surface area contributed by atoms with Crippen LogP contribution in [0.3, 0.4) is 0 Å². The molecule has 0 radical (unpaired) electrons. The highest BCUT2D eigenvalue weighted by atomic mass is 16.4. The number of aliphatic hydroxyl groups is 3. The van der Waals surface area contributed by atoms with Gasteiger partial charge in [0.25, 0.3) is 5.78 Å². The van der Waals surface area contributed by atoms with Crippen LogP contribution in [0, 0.1) is 0 Å². The molecule has 0 saturated heterocycles. The zero-order valence-electron chi connectivity index (χ0n) is 6.75. The van der Waals surface area contributed by atoms with Crippen molar-refractivity contribution in [2.75, 3.05) is 6.61 Å². The fraction of sp³-hybridized carbons (Fsp3) is 0.500. The molecule has 5 N–H and O–H groups in total. The van der Waals surface area contributed by atoms with E-state index in [0.717, 1.165) is 0 Å². The summed E-state index contributed by atoms with van der Waals surface area (Å²) in [5.41, 5.74) is -3.20. The Labute approximate surface area is 77.0 Å². The maximum atomic E-state index is 10.6. The van der Waals surface area contributed by atoms with Crippen molar-refractivity contribution < 1.29 is 39.9 Å². The lowest BCUT2D eigenvalue weighted by Gasteiger charge is -2.23. The summed E-state index contributed by atoms with van der Waals surface area (Å²) < 4.78 is 0. The summed E-state index contributed by atoms with van der Waals surface area (Å²) >= 11 is 0. The first kappa shape index (κ1) is 12.5. The highest BCUT2D eigenvalue weighted by Crippen LogP contribution is 2.11. The molecule has 0 bridgehead atoms. The van der Waals surface area contributed by atoms with Gasteiger partial charge in [-0.1, -0.05) is 0 Å². The van der Waals surface area contributed by atoms with Gasteiger partial charge in [-0.3, -0.25) is 4.79 Å². The SMILES string of the molecule is O=C(O)C(=O)C(O)C(O)(CO)C(=O)O. The molecular formula is C6H8O8. The van der Waals surface area contributed by atoms with Crippen LogP contribution in [0.4, 0.5) is 0 Å². The fourth-order valence-corrected chi connectivity index (χ4v) is 0.605. The highest BCUT2D eigenvalue weighted by molar-refractivity contribution is 6.35. The first-order valence-corrected chi connectivity index (χ1v) is 3.29. The van der Waals surface area contributed by atoms with E-state index < -0.39 is 36.0 Å². The van der Waals surface area contributed by atoms with Crippen molar-refractivity contribution in [2.45, 2.75) is 11.7 Å². The molecule has 0 rings (SSSR count). The first-order valence-electron chi connectivity index (χ1n) is 3.29. The van der Waals surface area contributed by atoms with E-state index in [1.54, 1.807) is 0 Å². The zero-order valence-corrected chi connectivity index (χ0v) is 6.75. The van der Waals surface area contributed by atoms with Crippen molar-refractivity contribution in [2.24, 2.45) is 0 Å². The summed E-state index contributed by atoms with van der Waals surface area (Å²) in [5, 5.41) is 42.7. The summed E-state index contributed by atoms with van der Waals surface area (Å²) in [6.45, 7) is -1.48. The number of hydrogen-bond donors (Lipinski definition) is 5. The highest BCUT2D eigenvalue weighted by Gasteiger charge is 2.49. The van der Waals surface area contributed by atoms with Crippen molar-refractivity contribution in [1.82, 2.24) is 0 Å². The van der Waals surface area contributed by atoms with Gasteiger partial charge in [-0.15, -0.1) is 0 Å². The first-order chi connectivity index (χ1) is 6.27. The molecule has 0 aliphatic rings. The minimum absolute atomic E-state index is 1.48. The Morgan fingerprint density at radius 3 is 1.86 bits per heavy atom. The lowest BCUT2D eigenvalue weighted by Crippen LogP contribution is -2.57. The van der Waals surface area contributed by atoms with Crippen LogP contribution >= 0.6 is 0 Å². The molecule has 8 nitrogen and oxygen atoms in total. The maximum absolute atomic E-state index is 10.6. The second-order valence-electron chi connectivity index (χ2n) is 2.46. The Bertz CT molecular complexity index is 271. The summed E-state index contributed by atoms with van der Waals surface area (Å²) in [5.74, 6) is -6.11. The number of carbonyl (C=O) groups excluding carboxylic acids is 1. The summed E-state index contributed by atoms with van der Waals surface area (Å²) in [4.78, 5) is 30.9. The maximum Gasteiger partial charge on any atom is 0.375 e. The molecular weight excluding hydrogens is 200 g/mol. The molecule has 0 heterocycles. The average Bonchev–Trinajstić information content (AvgIpc) is 2.13. The van der Waals surface area contributed by atoms with Gasteiger partial charge in [-0.05, 0) is 0 Å². The molecule has 0 fully saturated rings. The lowest BCUT2D eigenvalue weighted by atomic mass is 9.94. The Morgan fingerprint density at radius 2 is 1.64 bits per heavy atom. The van der Waals surface area contributed by atoms with Crippen molar-refractivity contribution in [3.05, 3.63) is 0 Å². The standard InChI is InChI=1S/C6H8O8/c7-1-6(14,5(12)13)3(9)2(8)4(10)11/h3,7,9,14H,1H2,(H,10,11)(H,12,13). The van der Waals surface area contributed by atoms with Crippen molar-refractivity contribution in [3.63, 3.8) is 0 Å². The smallest absolute Gasteiger partial charge is 0.375 e. The molecule has 8 heteroatoms. The van der Waals surface area contributed by atoms with Gasteiger partial charge in [0.2, 0.25) is 5.60 Å². The number of aliphatic carboxylic acids is 2. The van der Waals surface area contributed by atoms with E-state index >= 15 is 0 Å². The van der Waals surface area contributed by atoms with Crippen LogP contribution < -0.4 is 0 Å². The molecule has 0 aromatic rings. The molecule has 0 aromatic carbocycles. The predicted molar refractivity (Wildman–Crippen MR) is 38.3 cm³/mol. The second-order valence-corrected chi connectivity index (χ2v) is 2.46. The third-order valence-electron chi connectivity index (χ3n) is 1.52. The molecule has 0 aromatic heterocycles. The van der Waals surface area contributed by atoms with E-state index in [9.17, 15) is 14.4 Å². The molecule has 80 valence electrons. The van der Waals surface area contributed by atoms with Gasteiger partial charge in [0.05, 0.1) is 6.61 Å². The van der Waals surface area contributed by atoms with Gasteiger partial charge in [0.15, 0.2) is 6.10 Å². The topological polar surface area (TPSA) is 152 Å². The fourth-order valence-electron chi connectivity index (χ4n) is 0.605. The largest absolute Gasteiger partial charge is 0.479 e. The van der Waals surface area contributed by atoms with Crippen molar-refractivity contribution in [3.8, 4) is 0 Å². The Morgan fingerprint density at radius 1 is 1.21 bits per heavy atom. The van der Waals surface area contributed by atoms with Crippen LogP contribution in [0.5, 0.6) is 0 Å². The Hall–Kier alpha value is -1.51. The summed E-state index contributed by atoms with van der Waals surface area (Å²) in [6, 6.07) is 0. The number of carboxylic acids is 2. The van der Waals surface area contributed by atoms with Gasteiger partial charge in [-0.25, -0.2) is 9.59 Å². The van der Waals surface area contributed by atoms with Crippen LogP contribution in [0.1, 0.15) is 0 Å². The summed E-state index contributed by atoms with van der Waals surface area (Å²) in [7, 11) is 0. The van der Waals surface area contributed by atoms with Gasteiger partial charge < -0.3 is 25.5 Å². The summed E-state index contributed by atoms with van der Waals surface area (Å²) in [6.07, 6.45) is -2.72.